The molecule has 0 unspecified atom stereocenters. The Morgan fingerprint density at radius 1 is 1.10 bits per heavy atom. The number of nitrogens with one attached hydrogen (secondary N) is 1. The molecule has 0 radical (unpaired) electrons. The third-order valence-electron chi connectivity index (χ3n) is 7.25. The van der Waals surface area contributed by atoms with Gasteiger partial charge in [-0.25, -0.2) is 0 Å². The van der Waals surface area contributed by atoms with Gasteiger partial charge in [0, 0.05) is 11.1 Å². The van der Waals surface area contributed by atoms with Crippen LogP contribution in [0.5, 0.6) is 5.75 Å². The fraction of sp³-hybridized carbons (Fsp3) is 0.560. The molecule has 4 aliphatic carbocycles. The molecule has 1 heterocycles. The van der Waals surface area contributed by atoms with Crippen LogP contribution < -0.4 is 10.1 Å². The van der Waals surface area contributed by atoms with E-state index in [4.69, 9.17) is 4.74 Å². The summed E-state index contributed by atoms with van der Waals surface area (Å²) in [4.78, 5) is 13.8. The van der Waals surface area contributed by atoms with E-state index in [1.807, 2.05) is 18.2 Å². The molecule has 3 nitrogen and oxygen atoms in total. The maximum absolute atomic E-state index is 13.0. The lowest BCUT2D eigenvalue weighted by atomic mass is 9.53. The van der Waals surface area contributed by atoms with Crippen molar-refractivity contribution in [1.29, 1.82) is 0 Å². The second-order valence-electron chi connectivity index (χ2n) is 9.98. The van der Waals surface area contributed by atoms with E-state index in [0.29, 0.717) is 12.5 Å². The van der Waals surface area contributed by atoms with Gasteiger partial charge in [0.1, 0.15) is 12.4 Å². The number of carbonyl (C=O) groups excluding carboxylic acids is 1. The number of amides is 1. The Bertz CT molecular complexity index is 847. The van der Waals surface area contributed by atoms with Gasteiger partial charge in [-0.15, -0.1) is 11.3 Å². The molecule has 4 heteroatoms. The van der Waals surface area contributed by atoms with Crippen molar-refractivity contribution in [2.45, 2.75) is 70.4 Å². The minimum atomic E-state index is 0.0741. The summed E-state index contributed by atoms with van der Waals surface area (Å²) in [6, 6.07) is 10.3. The number of carbonyl (C=O) groups is 1. The first-order valence-corrected chi connectivity index (χ1v) is 12.0. The van der Waals surface area contributed by atoms with Crippen molar-refractivity contribution >= 4 is 17.2 Å². The number of hydrogen-bond acceptors (Lipinski definition) is 3. The summed E-state index contributed by atoms with van der Waals surface area (Å²) in [5, 5.41) is 5.53. The topological polar surface area (TPSA) is 38.3 Å². The van der Waals surface area contributed by atoms with Crippen molar-refractivity contribution in [3.63, 3.8) is 0 Å². The number of thiophene rings is 1. The van der Waals surface area contributed by atoms with E-state index >= 15 is 0 Å². The third kappa shape index (κ3) is 3.96. The van der Waals surface area contributed by atoms with Gasteiger partial charge in [-0.1, -0.05) is 26.0 Å². The maximum atomic E-state index is 13.0. The molecular formula is C25H31NO2S. The van der Waals surface area contributed by atoms with Crippen LogP contribution in [0, 0.1) is 17.8 Å². The van der Waals surface area contributed by atoms with E-state index in [9.17, 15) is 4.79 Å². The van der Waals surface area contributed by atoms with E-state index in [-0.39, 0.29) is 11.4 Å². The van der Waals surface area contributed by atoms with Crippen LogP contribution in [0.15, 0.2) is 35.7 Å². The average Bonchev–Trinajstić information content (AvgIpc) is 3.14. The zero-order chi connectivity index (χ0) is 20.0. The molecule has 1 N–H and O–H groups in total. The Balaban J connectivity index is 1.19. The summed E-state index contributed by atoms with van der Waals surface area (Å²) in [6.45, 7) is 4.89. The van der Waals surface area contributed by atoms with Crippen LogP contribution >= 0.6 is 11.3 Å². The van der Waals surface area contributed by atoms with E-state index in [0.717, 1.165) is 33.9 Å². The van der Waals surface area contributed by atoms with Gasteiger partial charge >= 0.3 is 0 Å². The summed E-state index contributed by atoms with van der Waals surface area (Å²) >= 11 is 1.54. The summed E-state index contributed by atoms with van der Waals surface area (Å²) in [5.74, 6) is 4.04. The van der Waals surface area contributed by atoms with Crippen LogP contribution in [-0.2, 0) is 6.61 Å². The molecule has 0 spiro atoms. The second kappa shape index (κ2) is 7.46. The molecule has 2 aromatic rings. The number of hydrogen-bond donors (Lipinski definition) is 1. The van der Waals surface area contributed by atoms with Crippen LogP contribution in [-0.4, -0.2) is 11.4 Å². The van der Waals surface area contributed by atoms with Crippen molar-refractivity contribution < 1.29 is 9.53 Å². The molecule has 4 saturated carbocycles. The van der Waals surface area contributed by atoms with E-state index in [1.165, 1.54) is 55.4 Å². The van der Waals surface area contributed by atoms with Gasteiger partial charge in [0.05, 0.1) is 4.88 Å². The largest absolute Gasteiger partial charge is 0.489 e. The highest BCUT2D eigenvalue weighted by Gasteiger charge is 2.51. The number of rotatable bonds is 6. The molecule has 6 rings (SSSR count). The summed E-state index contributed by atoms with van der Waals surface area (Å²) < 4.78 is 5.93. The van der Waals surface area contributed by atoms with Gasteiger partial charge in [-0.3, -0.25) is 4.79 Å². The Kier molecular flexibility index (Phi) is 4.93. The fourth-order valence-electron chi connectivity index (χ4n) is 6.25. The molecule has 0 aliphatic heterocycles. The van der Waals surface area contributed by atoms with Crippen molar-refractivity contribution in [1.82, 2.24) is 5.32 Å². The van der Waals surface area contributed by atoms with Crippen LogP contribution in [0.25, 0.3) is 0 Å². The predicted octanol–water partition coefficient (Wildman–Crippen LogP) is 6.15. The highest BCUT2D eigenvalue weighted by Crippen LogP contribution is 2.55. The van der Waals surface area contributed by atoms with Gasteiger partial charge in [0.25, 0.3) is 5.91 Å². The molecule has 0 atom stereocenters. The SMILES string of the molecule is CC(C)c1ccc(OCc2csc(C(=O)NC34CC5CC(CC(C5)C3)C4)c2)cc1. The Hall–Kier alpha value is -1.81. The van der Waals surface area contributed by atoms with E-state index in [2.05, 4.69) is 36.7 Å². The van der Waals surface area contributed by atoms with E-state index < -0.39 is 0 Å². The van der Waals surface area contributed by atoms with Gasteiger partial charge in [-0.05, 0) is 91.3 Å². The van der Waals surface area contributed by atoms with E-state index in [1.54, 1.807) is 0 Å². The number of benzene rings is 1. The van der Waals surface area contributed by atoms with Gasteiger partial charge < -0.3 is 10.1 Å². The van der Waals surface area contributed by atoms with Crippen molar-refractivity contribution in [3.8, 4) is 5.75 Å². The van der Waals surface area contributed by atoms with Crippen LogP contribution in [0.4, 0.5) is 0 Å². The molecule has 29 heavy (non-hydrogen) atoms. The fourth-order valence-corrected chi connectivity index (χ4v) is 7.04. The number of ether oxygens (including phenoxy) is 1. The lowest BCUT2D eigenvalue weighted by Crippen LogP contribution is -2.59. The lowest BCUT2D eigenvalue weighted by Gasteiger charge is -2.56. The predicted molar refractivity (Wildman–Crippen MR) is 118 cm³/mol. The molecule has 0 saturated heterocycles. The Morgan fingerprint density at radius 3 is 2.31 bits per heavy atom. The smallest absolute Gasteiger partial charge is 0.261 e. The summed E-state index contributed by atoms with van der Waals surface area (Å²) in [5.41, 5.74) is 2.46. The minimum absolute atomic E-state index is 0.0741. The lowest BCUT2D eigenvalue weighted by molar-refractivity contribution is -0.0166. The monoisotopic (exact) mass is 409 g/mol. The van der Waals surface area contributed by atoms with Crippen LogP contribution in [0.2, 0.25) is 0 Å². The van der Waals surface area contributed by atoms with Gasteiger partial charge in [0.15, 0.2) is 0 Å². The molecule has 1 aromatic heterocycles. The van der Waals surface area contributed by atoms with Crippen LogP contribution in [0.1, 0.15) is 79.1 Å². The molecule has 1 aromatic carbocycles. The van der Waals surface area contributed by atoms with Crippen molar-refractivity contribution in [2.75, 3.05) is 0 Å². The third-order valence-corrected chi connectivity index (χ3v) is 8.22. The minimum Gasteiger partial charge on any atom is -0.489 e. The Labute approximate surface area is 177 Å². The first kappa shape index (κ1) is 19.2. The highest BCUT2D eigenvalue weighted by atomic mass is 32.1. The molecule has 4 bridgehead atoms. The van der Waals surface area contributed by atoms with Crippen molar-refractivity contribution in [3.05, 3.63) is 51.7 Å². The first-order chi connectivity index (χ1) is 14.0. The average molecular weight is 410 g/mol. The molecule has 1 amide bonds. The first-order valence-electron chi connectivity index (χ1n) is 11.1. The Morgan fingerprint density at radius 2 is 1.72 bits per heavy atom. The van der Waals surface area contributed by atoms with Crippen LogP contribution in [0.3, 0.4) is 0 Å². The summed E-state index contributed by atoms with van der Waals surface area (Å²) in [7, 11) is 0. The highest BCUT2D eigenvalue weighted by molar-refractivity contribution is 7.12. The normalized spacial score (nSPS) is 30.0. The maximum Gasteiger partial charge on any atom is 0.261 e. The standard InChI is InChI=1S/C25H31NO2S/c1-16(2)21-3-5-22(6-4-21)28-14-20-10-23(29-15-20)24(27)26-25-11-17-7-18(12-25)9-19(8-17)13-25/h3-6,10,15-19H,7-9,11-14H2,1-2H3,(H,26,27). The zero-order valence-electron chi connectivity index (χ0n) is 17.4. The molecule has 154 valence electrons. The van der Waals surface area contributed by atoms with Crippen molar-refractivity contribution in [2.24, 2.45) is 17.8 Å². The van der Waals surface area contributed by atoms with Gasteiger partial charge in [-0.2, -0.15) is 0 Å². The molecular weight excluding hydrogens is 378 g/mol. The second-order valence-corrected chi connectivity index (χ2v) is 10.9. The molecule has 4 aliphatic rings. The summed E-state index contributed by atoms with van der Waals surface area (Å²) in [6.07, 6.45) is 7.77. The quantitative estimate of drug-likeness (QED) is 0.621. The van der Waals surface area contributed by atoms with Gasteiger partial charge in [0.2, 0.25) is 0 Å². The molecule has 4 fully saturated rings. The zero-order valence-corrected chi connectivity index (χ0v) is 18.3.